The second-order valence-electron chi connectivity index (χ2n) is 6.21. The van der Waals surface area contributed by atoms with E-state index in [4.69, 9.17) is 5.73 Å². The average molecular weight is 314 g/mol. The summed E-state index contributed by atoms with van der Waals surface area (Å²) in [6.45, 7) is 9.20. The topological polar surface area (TPSA) is 81.2 Å². The minimum atomic E-state index is -3.48. The van der Waals surface area contributed by atoms with Crippen LogP contribution in [0.1, 0.15) is 38.1 Å². The van der Waals surface area contributed by atoms with Crippen molar-refractivity contribution in [3.8, 4) is 0 Å². The number of hydrogen-bond acceptors (Lipinski definition) is 4. The molecular formula is C14H26N4O2S. The first-order valence-corrected chi connectivity index (χ1v) is 8.99. The molecule has 0 atom stereocenters. The molecule has 1 fully saturated rings. The van der Waals surface area contributed by atoms with Gasteiger partial charge in [-0.05, 0) is 32.6 Å². The maximum atomic E-state index is 13.0. The second kappa shape index (κ2) is 6.06. The fourth-order valence-corrected chi connectivity index (χ4v) is 4.90. The van der Waals surface area contributed by atoms with Crippen LogP contribution in [0.2, 0.25) is 0 Å². The molecule has 1 heterocycles. The molecule has 0 saturated heterocycles. The highest BCUT2D eigenvalue weighted by Crippen LogP contribution is 2.34. The Morgan fingerprint density at radius 1 is 1.38 bits per heavy atom. The normalized spacial score (nSPS) is 16.1. The fourth-order valence-electron chi connectivity index (χ4n) is 2.68. The summed E-state index contributed by atoms with van der Waals surface area (Å²) in [6, 6.07) is 0.161. The zero-order chi connectivity index (χ0) is 15.8. The van der Waals surface area contributed by atoms with Gasteiger partial charge in [-0.25, -0.2) is 8.42 Å². The predicted molar refractivity (Wildman–Crippen MR) is 82.5 cm³/mol. The van der Waals surface area contributed by atoms with Crippen molar-refractivity contribution in [1.82, 2.24) is 14.1 Å². The third-order valence-electron chi connectivity index (χ3n) is 3.72. The number of aromatic nitrogens is 2. The van der Waals surface area contributed by atoms with Gasteiger partial charge in [0.25, 0.3) is 0 Å². The summed E-state index contributed by atoms with van der Waals surface area (Å²) in [5, 5.41) is 4.34. The smallest absolute Gasteiger partial charge is 0.247 e. The molecule has 0 bridgehead atoms. The van der Waals surface area contributed by atoms with E-state index in [1.54, 1.807) is 15.9 Å². The zero-order valence-corrected chi connectivity index (χ0v) is 14.2. The Bertz CT molecular complexity index is 603. The van der Waals surface area contributed by atoms with E-state index in [-0.39, 0.29) is 6.04 Å². The van der Waals surface area contributed by atoms with Gasteiger partial charge in [-0.15, -0.1) is 0 Å². The maximum absolute atomic E-state index is 13.0. The van der Waals surface area contributed by atoms with E-state index in [1.807, 2.05) is 20.8 Å². The van der Waals surface area contributed by atoms with Gasteiger partial charge in [0.05, 0.1) is 17.9 Å². The van der Waals surface area contributed by atoms with Gasteiger partial charge >= 0.3 is 0 Å². The Labute approximate surface area is 127 Å². The number of hydrogen-bond donors (Lipinski definition) is 1. The van der Waals surface area contributed by atoms with Crippen molar-refractivity contribution in [2.24, 2.45) is 11.7 Å². The third kappa shape index (κ3) is 3.30. The van der Waals surface area contributed by atoms with Gasteiger partial charge in [-0.1, -0.05) is 13.8 Å². The number of nitrogens with two attached hydrogens (primary N) is 1. The van der Waals surface area contributed by atoms with Crippen LogP contribution in [-0.4, -0.2) is 41.6 Å². The average Bonchev–Trinajstić information content (AvgIpc) is 3.14. The Kier molecular flexibility index (Phi) is 4.75. The summed E-state index contributed by atoms with van der Waals surface area (Å²) in [6.07, 6.45) is 1.92. The molecule has 2 rings (SSSR count). The molecule has 21 heavy (non-hydrogen) atoms. The minimum Gasteiger partial charge on any atom is -0.329 e. The first-order chi connectivity index (χ1) is 9.78. The first kappa shape index (κ1) is 16.5. The van der Waals surface area contributed by atoms with Crippen molar-refractivity contribution < 1.29 is 8.42 Å². The largest absolute Gasteiger partial charge is 0.329 e. The van der Waals surface area contributed by atoms with Gasteiger partial charge in [0, 0.05) is 19.1 Å². The van der Waals surface area contributed by atoms with Gasteiger partial charge in [-0.2, -0.15) is 9.40 Å². The lowest BCUT2D eigenvalue weighted by atomic mass is 10.2. The van der Waals surface area contributed by atoms with E-state index >= 15 is 0 Å². The molecule has 120 valence electrons. The maximum Gasteiger partial charge on any atom is 0.247 e. The van der Waals surface area contributed by atoms with Crippen LogP contribution in [-0.2, 0) is 16.6 Å². The van der Waals surface area contributed by atoms with E-state index in [2.05, 4.69) is 5.10 Å². The molecule has 1 aromatic rings. The van der Waals surface area contributed by atoms with Crippen LogP contribution in [0.4, 0.5) is 0 Å². The van der Waals surface area contributed by atoms with E-state index in [0.717, 1.165) is 12.8 Å². The lowest BCUT2D eigenvalue weighted by molar-refractivity contribution is 0.359. The van der Waals surface area contributed by atoms with Gasteiger partial charge in [0.15, 0.2) is 0 Å². The van der Waals surface area contributed by atoms with Gasteiger partial charge in [0.1, 0.15) is 4.90 Å². The van der Waals surface area contributed by atoms with Crippen LogP contribution in [0, 0.1) is 19.8 Å². The summed E-state index contributed by atoms with van der Waals surface area (Å²) in [5.74, 6) is 0.306. The SMILES string of the molecule is Cc1nn(CCN)c(C)c1S(=O)(=O)N(CC(C)C)C1CC1. The van der Waals surface area contributed by atoms with Crippen LogP contribution < -0.4 is 5.73 Å². The molecule has 1 aliphatic rings. The molecule has 1 saturated carbocycles. The van der Waals surface area contributed by atoms with Crippen molar-refractivity contribution in [2.45, 2.75) is 58.0 Å². The highest BCUT2D eigenvalue weighted by molar-refractivity contribution is 7.89. The molecule has 0 spiro atoms. The highest BCUT2D eigenvalue weighted by atomic mass is 32.2. The molecule has 1 aromatic heterocycles. The van der Waals surface area contributed by atoms with Crippen LogP contribution in [0.3, 0.4) is 0 Å². The number of aryl methyl sites for hydroxylation is 1. The van der Waals surface area contributed by atoms with Crippen LogP contribution in [0.5, 0.6) is 0 Å². The van der Waals surface area contributed by atoms with E-state index < -0.39 is 10.0 Å². The molecule has 0 radical (unpaired) electrons. The Morgan fingerprint density at radius 2 is 2.00 bits per heavy atom. The number of rotatable bonds is 7. The molecule has 7 heteroatoms. The molecule has 0 aromatic carbocycles. The van der Waals surface area contributed by atoms with Crippen LogP contribution >= 0.6 is 0 Å². The van der Waals surface area contributed by atoms with Crippen molar-refractivity contribution >= 4 is 10.0 Å². The van der Waals surface area contributed by atoms with Crippen LogP contribution in [0.25, 0.3) is 0 Å². The summed E-state index contributed by atoms with van der Waals surface area (Å²) >= 11 is 0. The van der Waals surface area contributed by atoms with Crippen molar-refractivity contribution in [1.29, 1.82) is 0 Å². The number of nitrogens with zero attached hydrogens (tertiary/aromatic N) is 3. The lowest BCUT2D eigenvalue weighted by Crippen LogP contribution is -2.36. The molecule has 0 aliphatic heterocycles. The second-order valence-corrected chi connectivity index (χ2v) is 8.04. The lowest BCUT2D eigenvalue weighted by Gasteiger charge is -2.24. The minimum absolute atomic E-state index is 0.161. The van der Waals surface area contributed by atoms with Crippen molar-refractivity contribution in [3.05, 3.63) is 11.4 Å². The standard InChI is InChI=1S/C14H26N4O2S/c1-10(2)9-18(13-5-6-13)21(19,20)14-11(3)16-17(8-7-15)12(14)4/h10,13H,5-9,15H2,1-4H3. The number of sulfonamides is 1. The summed E-state index contributed by atoms with van der Waals surface area (Å²) in [4.78, 5) is 0.364. The van der Waals surface area contributed by atoms with E-state index in [0.29, 0.717) is 41.8 Å². The predicted octanol–water partition coefficient (Wildman–Crippen LogP) is 1.27. The van der Waals surface area contributed by atoms with E-state index in [1.165, 1.54) is 0 Å². The van der Waals surface area contributed by atoms with Crippen LogP contribution in [0.15, 0.2) is 4.90 Å². The van der Waals surface area contributed by atoms with E-state index in [9.17, 15) is 8.42 Å². The first-order valence-electron chi connectivity index (χ1n) is 7.55. The Balaban J connectivity index is 2.42. The van der Waals surface area contributed by atoms with Crippen molar-refractivity contribution in [2.75, 3.05) is 13.1 Å². The summed E-state index contributed by atoms with van der Waals surface area (Å²) in [5.41, 5.74) is 6.81. The fraction of sp³-hybridized carbons (Fsp3) is 0.786. The summed E-state index contributed by atoms with van der Waals surface area (Å²) in [7, 11) is -3.48. The zero-order valence-electron chi connectivity index (χ0n) is 13.3. The van der Waals surface area contributed by atoms with Gasteiger partial charge < -0.3 is 5.73 Å². The highest BCUT2D eigenvalue weighted by Gasteiger charge is 2.40. The monoisotopic (exact) mass is 314 g/mol. The van der Waals surface area contributed by atoms with Crippen molar-refractivity contribution in [3.63, 3.8) is 0 Å². The molecule has 6 nitrogen and oxygen atoms in total. The Morgan fingerprint density at radius 3 is 2.48 bits per heavy atom. The molecule has 0 amide bonds. The third-order valence-corrected chi connectivity index (χ3v) is 5.89. The Hall–Kier alpha value is -0.920. The van der Waals surface area contributed by atoms with Gasteiger partial charge in [-0.3, -0.25) is 4.68 Å². The molecule has 1 aliphatic carbocycles. The van der Waals surface area contributed by atoms with Gasteiger partial charge in [0.2, 0.25) is 10.0 Å². The summed E-state index contributed by atoms with van der Waals surface area (Å²) < 4.78 is 29.5. The quantitative estimate of drug-likeness (QED) is 0.821. The molecular weight excluding hydrogens is 288 g/mol. The molecule has 0 unspecified atom stereocenters. The molecule has 2 N–H and O–H groups in total.